The van der Waals surface area contributed by atoms with Crippen LogP contribution < -0.4 is 0 Å². The van der Waals surface area contributed by atoms with Crippen LogP contribution in [0.25, 0.3) is 11.1 Å². The summed E-state index contributed by atoms with van der Waals surface area (Å²) in [5.74, 6) is -1.16. The molecule has 22 heavy (non-hydrogen) atoms. The lowest BCUT2D eigenvalue weighted by Crippen LogP contribution is -2.47. The Morgan fingerprint density at radius 2 is 2.14 bits per heavy atom. The van der Waals surface area contributed by atoms with Crippen LogP contribution in [0, 0.1) is 0 Å². The van der Waals surface area contributed by atoms with Gasteiger partial charge in [0.2, 0.25) is 0 Å². The molecule has 6 heteroatoms. The van der Waals surface area contributed by atoms with Crippen LogP contribution in [-0.4, -0.2) is 44.7 Å². The number of amides is 1. The summed E-state index contributed by atoms with van der Waals surface area (Å²) in [4.78, 5) is 25.5. The fourth-order valence-electron chi connectivity index (χ4n) is 2.84. The highest BCUT2D eigenvalue weighted by Gasteiger charge is 2.32. The van der Waals surface area contributed by atoms with Crippen LogP contribution in [0.15, 0.2) is 36.7 Å². The number of aliphatic carboxylic acids is 1. The second-order valence-electron chi connectivity index (χ2n) is 5.42. The highest BCUT2D eigenvalue weighted by atomic mass is 16.4. The number of hydrogen-bond donors (Lipinski definition) is 2. The molecule has 0 radical (unpaired) electrons. The average molecular weight is 299 g/mol. The fourth-order valence-corrected chi connectivity index (χ4v) is 2.84. The third-order valence-corrected chi connectivity index (χ3v) is 3.99. The number of carboxylic acid groups (broad SMARTS) is 1. The molecule has 1 aromatic carbocycles. The number of hydrogen-bond acceptors (Lipinski definition) is 3. The summed E-state index contributed by atoms with van der Waals surface area (Å²) in [6, 6.07) is 6.47. The van der Waals surface area contributed by atoms with Gasteiger partial charge in [-0.15, -0.1) is 0 Å². The number of nitrogens with one attached hydrogen (secondary N) is 1. The van der Waals surface area contributed by atoms with Gasteiger partial charge < -0.3 is 10.0 Å². The van der Waals surface area contributed by atoms with Crippen molar-refractivity contribution in [2.24, 2.45) is 0 Å². The molecular formula is C16H17N3O3. The number of aromatic nitrogens is 2. The first-order valence-corrected chi connectivity index (χ1v) is 7.30. The van der Waals surface area contributed by atoms with E-state index in [1.54, 1.807) is 30.6 Å². The van der Waals surface area contributed by atoms with E-state index >= 15 is 0 Å². The number of likely N-dealkylation sites (tertiary alicyclic amines) is 1. The Morgan fingerprint density at radius 3 is 2.86 bits per heavy atom. The monoisotopic (exact) mass is 299 g/mol. The van der Waals surface area contributed by atoms with Crippen LogP contribution in [0.4, 0.5) is 0 Å². The number of carboxylic acids is 1. The first kappa shape index (κ1) is 14.3. The summed E-state index contributed by atoms with van der Waals surface area (Å²) in [7, 11) is 0. The van der Waals surface area contributed by atoms with Crippen LogP contribution in [0.2, 0.25) is 0 Å². The van der Waals surface area contributed by atoms with E-state index in [0.29, 0.717) is 18.5 Å². The number of nitrogens with zero attached hydrogens (tertiary/aromatic N) is 2. The Morgan fingerprint density at radius 1 is 1.27 bits per heavy atom. The summed E-state index contributed by atoms with van der Waals surface area (Å²) in [6.45, 7) is 0.492. The predicted octanol–water partition coefficient (Wildman–Crippen LogP) is 2.16. The molecule has 0 bridgehead atoms. The van der Waals surface area contributed by atoms with Crippen LogP contribution >= 0.6 is 0 Å². The number of carbonyl (C=O) groups excluding carboxylic acids is 1. The van der Waals surface area contributed by atoms with Gasteiger partial charge in [-0.2, -0.15) is 5.10 Å². The third-order valence-electron chi connectivity index (χ3n) is 3.99. The molecule has 1 aliphatic rings. The minimum atomic E-state index is -0.931. The fraction of sp³-hybridized carbons (Fsp3) is 0.312. The lowest BCUT2D eigenvalue weighted by atomic mass is 9.99. The molecule has 1 atom stereocenters. The Labute approximate surface area is 127 Å². The van der Waals surface area contributed by atoms with E-state index < -0.39 is 12.0 Å². The molecule has 1 amide bonds. The molecule has 2 aromatic rings. The molecule has 0 spiro atoms. The number of aromatic amines is 1. The van der Waals surface area contributed by atoms with Gasteiger partial charge in [-0.05, 0) is 37.0 Å². The van der Waals surface area contributed by atoms with Gasteiger partial charge in [0, 0.05) is 23.9 Å². The maximum Gasteiger partial charge on any atom is 0.326 e. The van der Waals surface area contributed by atoms with Gasteiger partial charge >= 0.3 is 5.97 Å². The van der Waals surface area contributed by atoms with Crippen molar-refractivity contribution in [2.75, 3.05) is 6.54 Å². The van der Waals surface area contributed by atoms with Gasteiger partial charge in [-0.3, -0.25) is 9.89 Å². The Kier molecular flexibility index (Phi) is 3.91. The van der Waals surface area contributed by atoms with Gasteiger partial charge in [0.25, 0.3) is 5.91 Å². The molecule has 1 saturated heterocycles. The summed E-state index contributed by atoms with van der Waals surface area (Å²) >= 11 is 0. The maximum atomic E-state index is 12.7. The van der Waals surface area contributed by atoms with E-state index in [-0.39, 0.29) is 5.91 Å². The van der Waals surface area contributed by atoms with Crippen LogP contribution in [0.3, 0.4) is 0 Å². The lowest BCUT2D eigenvalue weighted by Gasteiger charge is -2.33. The van der Waals surface area contributed by atoms with Gasteiger partial charge in [0.05, 0.1) is 6.20 Å². The molecule has 3 rings (SSSR count). The van der Waals surface area contributed by atoms with E-state index in [0.717, 1.165) is 24.0 Å². The van der Waals surface area contributed by atoms with Crippen molar-refractivity contribution in [3.8, 4) is 11.1 Å². The molecule has 1 aliphatic heterocycles. The molecule has 0 aliphatic carbocycles. The molecule has 0 saturated carbocycles. The molecule has 0 unspecified atom stereocenters. The van der Waals surface area contributed by atoms with Crippen molar-refractivity contribution in [3.63, 3.8) is 0 Å². The van der Waals surface area contributed by atoms with E-state index in [4.69, 9.17) is 0 Å². The van der Waals surface area contributed by atoms with Crippen molar-refractivity contribution >= 4 is 11.9 Å². The smallest absolute Gasteiger partial charge is 0.326 e. The third kappa shape index (κ3) is 2.72. The molecule has 6 nitrogen and oxygen atoms in total. The van der Waals surface area contributed by atoms with E-state index in [1.165, 1.54) is 4.90 Å². The molecule has 114 valence electrons. The zero-order valence-electron chi connectivity index (χ0n) is 12.0. The standard InChI is InChI=1S/C16H17N3O3/c20-15(19-7-2-1-6-14(19)16(21)22)12-5-3-4-11(8-12)13-9-17-18-10-13/h3-5,8-10,14H,1-2,6-7H2,(H,17,18)(H,21,22)/t14-/m1/s1. The quantitative estimate of drug-likeness (QED) is 0.909. The van der Waals surface area contributed by atoms with E-state index in [2.05, 4.69) is 10.2 Å². The van der Waals surface area contributed by atoms with E-state index in [1.807, 2.05) is 6.07 Å². The largest absolute Gasteiger partial charge is 0.480 e. The highest BCUT2D eigenvalue weighted by molar-refractivity contribution is 5.97. The second-order valence-corrected chi connectivity index (χ2v) is 5.42. The Balaban J connectivity index is 1.88. The van der Waals surface area contributed by atoms with Crippen molar-refractivity contribution in [1.82, 2.24) is 15.1 Å². The zero-order chi connectivity index (χ0) is 15.5. The zero-order valence-corrected chi connectivity index (χ0v) is 12.0. The number of rotatable bonds is 3. The topological polar surface area (TPSA) is 86.3 Å². The van der Waals surface area contributed by atoms with Crippen molar-refractivity contribution < 1.29 is 14.7 Å². The normalized spacial score (nSPS) is 18.2. The summed E-state index contributed by atoms with van der Waals surface area (Å²) in [5.41, 5.74) is 2.28. The van der Waals surface area contributed by atoms with Gasteiger partial charge in [-0.1, -0.05) is 12.1 Å². The molecule has 2 N–H and O–H groups in total. The summed E-state index contributed by atoms with van der Waals surface area (Å²) in [5, 5.41) is 15.9. The molecule has 2 heterocycles. The Bertz CT molecular complexity index is 682. The first-order valence-electron chi connectivity index (χ1n) is 7.30. The maximum absolute atomic E-state index is 12.7. The first-order chi connectivity index (χ1) is 10.7. The SMILES string of the molecule is O=C(O)[C@H]1CCCCN1C(=O)c1cccc(-c2cn[nH]c2)c1. The minimum Gasteiger partial charge on any atom is -0.480 e. The van der Waals surface area contributed by atoms with E-state index in [9.17, 15) is 14.7 Å². The molecular weight excluding hydrogens is 282 g/mol. The summed E-state index contributed by atoms with van der Waals surface area (Å²) in [6.07, 6.45) is 5.64. The van der Waals surface area contributed by atoms with Crippen molar-refractivity contribution in [1.29, 1.82) is 0 Å². The Hall–Kier alpha value is -2.63. The molecule has 1 aromatic heterocycles. The van der Waals surface area contributed by atoms with Crippen molar-refractivity contribution in [2.45, 2.75) is 25.3 Å². The second kappa shape index (κ2) is 6.01. The minimum absolute atomic E-state index is 0.225. The lowest BCUT2D eigenvalue weighted by molar-refractivity contribution is -0.143. The highest BCUT2D eigenvalue weighted by Crippen LogP contribution is 2.23. The number of benzene rings is 1. The van der Waals surface area contributed by atoms with Gasteiger partial charge in [-0.25, -0.2) is 4.79 Å². The van der Waals surface area contributed by atoms with Crippen LogP contribution in [0.5, 0.6) is 0 Å². The van der Waals surface area contributed by atoms with Crippen molar-refractivity contribution in [3.05, 3.63) is 42.2 Å². The van der Waals surface area contributed by atoms with Gasteiger partial charge in [0.1, 0.15) is 6.04 Å². The number of H-pyrrole nitrogens is 1. The van der Waals surface area contributed by atoms with Crippen LogP contribution in [0.1, 0.15) is 29.6 Å². The molecule has 1 fully saturated rings. The summed E-state index contributed by atoms with van der Waals surface area (Å²) < 4.78 is 0. The predicted molar refractivity (Wildman–Crippen MR) is 80.3 cm³/mol. The number of piperidine rings is 1. The number of carbonyl (C=O) groups is 2. The van der Waals surface area contributed by atoms with Gasteiger partial charge in [0.15, 0.2) is 0 Å². The van der Waals surface area contributed by atoms with Crippen LogP contribution in [-0.2, 0) is 4.79 Å². The average Bonchev–Trinajstić information content (AvgIpc) is 3.09.